The third-order valence-corrected chi connectivity index (χ3v) is 3.24. The Morgan fingerprint density at radius 3 is 1.57 bits per heavy atom. The first kappa shape index (κ1) is 10.8. The van der Waals surface area contributed by atoms with Crippen molar-refractivity contribution in [3.05, 3.63) is 0 Å². The topological polar surface area (TPSA) is 58.9 Å². The maximum atomic E-state index is 10.2. The second-order valence-corrected chi connectivity index (χ2v) is 3.87. The Hall–Kier alpha value is -1.24. The lowest BCUT2D eigenvalue weighted by atomic mass is 9.75. The van der Waals surface area contributed by atoms with E-state index in [1.54, 1.807) is 12.2 Å². The molecule has 1 aliphatic rings. The highest BCUT2D eigenvalue weighted by Gasteiger charge is 2.33. The van der Waals surface area contributed by atoms with Crippen LogP contribution < -0.4 is 0 Å². The van der Waals surface area contributed by atoms with E-state index in [1.165, 1.54) is 0 Å². The van der Waals surface area contributed by atoms with Crippen molar-refractivity contribution in [1.29, 1.82) is 0 Å². The summed E-state index contributed by atoms with van der Waals surface area (Å²) in [7, 11) is 0. The average molecular weight is 194 g/mol. The van der Waals surface area contributed by atoms with Gasteiger partial charge in [-0.2, -0.15) is 0 Å². The molecule has 0 amide bonds. The van der Waals surface area contributed by atoms with E-state index >= 15 is 0 Å². The van der Waals surface area contributed by atoms with Gasteiger partial charge in [-0.15, -0.1) is 0 Å². The van der Waals surface area contributed by atoms with E-state index in [0.717, 1.165) is 12.8 Å². The molecule has 4 nitrogen and oxygen atoms in total. The van der Waals surface area contributed by atoms with E-state index in [1.807, 2.05) is 13.8 Å². The molecule has 4 heteroatoms. The number of hydrogen-bond donors (Lipinski definition) is 0. The molecular weight excluding hydrogens is 180 g/mol. The van der Waals surface area contributed by atoms with E-state index in [-0.39, 0.29) is 23.9 Å². The van der Waals surface area contributed by atoms with Gasteiger partial charge in [0.25, 0.3) is 0 Å². The highest BCUT2D eigenvalue weighted by atomic mass is 16.1. The van der Waals surface area contributed by atoms with E-state index in [4.69, 9.17) is 0 Å². The maximum absolute atomic E-state index is 10.2. The molecule has 0 N–H and O–H groups in total. The Labute approximate surface area is 83.1 Å². The summed E-state index contributed by atoms with van der Waals surface area (Å²) < 4.78 is 0. The molecule has 0 spiro atoms. The Morgan fingerprint density at radius 2 is 1.29 bits per heavy atom. The van der Waals surface area contributed by atoms with Crippen LogP contribution in [0.2, 0.25) is 0 Å². The van der Waals surface area contributed by atoms with Gasteiger partial charge in [0.2, 0.25) is 12.2 Å². The zero-order valence-electron chi connectivity index (χ0n) is 8.43. The van der Waals surface area contributed by atoms with Crippen molar-refractivity contribution in [2.24, 2.45) is 21.8 Å². The van der Waals surface area contributed by atoms with Gasteiger partial charge in [0.05, 0.1) is 12.1 Å². The summed E-state index contributed by atoms with van der Waals surface area (Å²) in [5.41, 5.74) is 0. The van der Waals surface area contributed by atoms with Crippen molar-refractivity contribution >= 4 is 12.2 Å². The summed E-state index contributed by atoms with van der Waals surface area (Å²) in [6.45, 7) is 4.06. The van der Waals surface area contributed by atoms with Gasteiger partial charge in [0.1, 0.15) is 0 Å². The summed E-state index contributed by atoms with van der Waals surface area (Å²) in [5.74, 6) is 0.541. The van der Waals surface area contributed by atoms with Crippen molar-refractivity contribution in [3.8, 4) is 0 Å². The van der Waals surface area contributed by atoms with Crippen molar-refractivity contribution < 1.29 is 9.59 Å². The monoisotopic (exact) mass is 194 g/mol. The summed E-state index contributed by atoms with van der Waals surface area (Å²) in [6, 6.07) is 0.0844. The van der Waals surface area contributed by atoms with Crippen molar-refractivity contribution in [3.63, 3.8) is 0 Å². The minimum Gasteiger partial charge on any atom is -0.211 e. The van der Waals surface area contributed by atoms with Gasteiger partial charge in [0.15, 0.2) is 0 Å². The zero-order chi connectivity index (χ0) is 10.6. The largest absolute Gasteiger partial charge is 0.235 e. The molecule has 0 aliphatic heterocycles. The Kier molecular flexibility index (Phi) is 3.75. The van der Waals surface area contributed by atoms with Crippen molar-refractivity contribution in [2.45, 2.75) is 38.8 Å². The smallest absolute Gasteiger partial charge is 0.211 e. The molecule has 76 valence electrons. The molecule has 1 rings (SSSR count). The van der Waals surface area contributed by atoms with Crippen LogP contribution in [-0.4, -0.2) is 24.2 Å². The molecule has 1 saturated carbocycles. The van der Waals surface area contributed by atoms with Crippen LogP contribution >= 0.6 is 0 Å². The zero-order valence-corrected chi connectivity index (χ0v) is 8.43. The Balaban J connectivity index is 2.72. The van der Waals surface area contributed by atoms with Crippen molar-refractivity contribution in [1.82, 2.24) is 0 Å². The minimum absolute atomic E-state index is 0.0422. The lowest BCUT2D eigenvalue weighted by Crippen LogP contribution is -2.36. The van der Waals surface area contributed by atoms with Gasteiger partial charge < -0.3 is 0 Å². The quantitative estimate of drug-likeness (QED) is 0.493. The summed E-state index contributed by atoms with van der Waals surface area (Å²) in [6.07, 6.45) is 4.81. The molecule has 0 aromatic carbocycles. The molecule has 0 heterocycles. The molecule has 0 aromatic heterocycles. The normalized spacial score (nSPS) is 36.7. The first-order chi connectivity index (χ1) is 6.70. The Bertz CT molecular complexity index is 260. The molecule has 0 aromatic rings. The number of rotatable bonds is 2. The van der Waals surface area contributed by atoms with Gasteiger partial charge in [-0.05, 0) is 24.7 Å². The number of isocyanates is 2. The molecule has 4 atom stereocenters. The molecule has 4 unspecified atom stereocenters. The number of hydrogen-bond acceptors (Lipinski definition) is 4. The van der Waals surface area contributed by atoms with Gasteiger partial charge in [-0.1, -0.05) is 13.8 Å². The highest BCUT2D eigenvalue weighted by Crippen LogP contribution is 2.33. The van der Waals surface area contributed by atoms with E-state index in [2.05, 4.69) is 9.98 Å². The van der Waals surface area contributed by atoms with Crippen LogP contribution in [0.5, 0.6) is 0 Å². The van der Waals surface area contributed by atoms with Crippen LogP contribution in [0, 0.1) is 11.8 Å². The van der Waals surface area contributed by atoms with Gasteiger partial charge in [-0.3, -0.25) is 0 Å². The fourth-order valence-corrected chi connectivity index (χ4v) is 2.07. The van der Waals surface area contributed by atoms with Crippen LogP contribution in [-0.2, 0) is 9.59 Å². The van der Waals surface area contributed by atoms with Gasteiger partial charge >= 0.3 is 0 Å². The summed E-state index contributed by atoms with van der Waals surface area (Å²) >= 11 is 0. The average Bonchev–Trinajstić information content (AvgIpc) is 2.18. The second-order valence-electron chi connectivity index (χ2n) is 3.87. The van der Waals surface area contributed by atoms with Crippen LogP contribution in [0.15, 0.2) is 9.98 Å². The molecule has 14 heavy (non-hydrogen) atoms. The predicted molar refractivity (Wildman–Crippen MR) is 51.4 cm³/mol. The first-order valence-corrected chi connectivity index (χ1v) is 4.84. The van der Waals surface area contributed by atoms with Crippen LogP contribution in [0.3, 0.4) is 0 Å². The van der Waals surface area contributed by atoms with E-state index in [9.17, 15) is 9.59 Å². The Morgan fingerprint density at radius 1 is 0.929 bits per heavy atom. The van der Waals surface area contributed by atoms with Gasteiger partial charge in [0, 0.05) is 0 Å². The lowest BCUT2D eigenvalue weighted by molar-refractivity contribution is 0.211. The van der Waals surface area contributed by atoms with Crippen LogP contribution in [0.4, 0.5) is 0 Å². The summed E-state index contributed by atoms with van der Waals surface area (Å²) in [5, 5.41) is 0. The maximum Gasteiger partial charge on any atom is 0.235 e. The third kappa shape index (κ3) is 2.16. The molecule has 1 aliphatic carbocycles. The lowest BCUT2D eigenvalue weighted by Gasteiger charge is -2.34. The van der Waals surface area contributed by atoms with Crippen LogP contribution in [0.25, 0.3) is 0 Å². The fraction of sp³-hybridized carbons (Fsp3) is 0.800. The first-order valence-electron chi connectivity index (χ1n) is 4.84. The SMILES string of the molecule is CC1C(N=C=O)CCC(N=C=O)C1C. The molecule has 1 fully saturated rings. The second kappa shape index (κ2) is 4.85. The molecular formula is C10H14N2O2. The van der Waals surface area contributed by atoms with Gasteiger partial charge in [-0.25, -0.2) is 19.6 Å². The number of nitrogens with zero attached hydrogens (tertiary/aromatic N) is 2. The van der Waals surface area contributed by atoms with Crippen molar-refractivity contribution in [2.75, 3.05) is 0 Å². The molecule has 0 saturated heterocycles. The standard InChI is InChI=1S/C10H14N2O2/c1-7-8(2)10(12-6-14)4-3-9(7)11-5-13/h7-10H,3-4H2,1-2H3. The minimum atomic E-state index is 0.0422. The molecule has 0 bridgehead atoms. The van der Waals surface area contributed by atoms with E-state index < -0.39 is 0 Å². The predicted octanol–water partition coefficient (Wildman–Crippen LogP) is 1.46. The fourth-order valence-electron chi connectivity index (χ4n) is 2.07. The molecule has 0 radical (unpaired) electrons. The number of aliphatic imine (C=N–C) groups is 2. The van der Waals surface area contributed by atoms with E-state index in [0.29, 0.717) is 0 Å². The summed E-state index contributed by atoms with van der Waals surface area (Å²) in [4.78, 5) is 27.8. The van der Waals surface area contributed by atoms with Crippen LogP contribution in [0.1, 0.15) is 26.7 Å². The third-order valence-electron chi connectivity index (χ3n) is 3.24. The number of carbonyl (C=O) groups excluding carboxylic acids is 2. The highest BCUT2D eigenvalue weighted by molar-refractivity contribution is 5.35.